The molecule has 53 valence electrons. The third-order valence-corrected chi connectivity index (χ3v) is 1.99. The average Bonchev–Trinajstić information content (AvgIpc) is 1.77. The maximum atomic E-state index is 12.4. The molecular weight excluding hydrogens is 146 g/mol. The van der Waals surface area contributed by atoms with Crippen molar-refractivity contribution in [1.82, 2.24) is 0 Å². The first kappa shape index (κ1) is 7.26. The maximum Gasteiger partial charge on any atom is 0.264 e. The molecule has 1 fully saturated rings. The van der Waals surface area contributed by atoms with Gasteiger partial charge in [-0.1, -0.05) is 0 Å². The van der Waals surface area contributed by atoms with Crippen LogP contribution in [0.5, 0.6) is 0 Å². The van der Waals surface area contributed by atoms with E-state index in [2.05, 4.69) is 0 Å². The quantitative estimate of drug-likeness (QED) is 0.470. The zero-order valence-corrected chi connectivity index (χ0v) is 5.67. The molecule has 0 amide bonds. The highest BCUT2D eigenvalue weighted by Gasteiger charge is 2.39. The molecule has 3 heteroatoms. The van der Waals surface area contributed by atoms with Gasteiger partial charge < -0.3 is 0 Å². The molecule has 1 rings (SSSR count). The average molecular weight is 154 g/mol. The first-order valence-corrected chi connectivity index (χ1v) is 3.42. The summed E-state index contributed by atoms with van der Waals surface area (Å²) >= 11 is 5.30. The van der Waals surface area contributed by atoms with Crippen LogP contribution in [0.2, 0.25) is 0 Å². The molecule has 0 aromatic carbocycles. The molecule has 0 aromatic heterocycles. The maximum absolute atomic E-state index is 12.4. The summed E-state index contributed by atoms with van der Waals surface area (Å²) in [5.74, 6) is -2.65. The standard InChI is InChI=1S/C6H8ClF2/c7-5-3-1-2-4-6(5,8)9/h3,5H,1-2,4H2. The molecule has 0 nitrogen and oxygen atoms in total. The molecule has 1 saturated carbocycles. The molecule has 1 aliphatic carbocycles. The summed E-state index contributed by atoms with van der Waals surface area (Å²) in [5.41, 5.74) is 0. The fourth-order valence-corrected chi connectivity index (χ4v) is 1.15. The molecule has 0 spiro atoms. The lowest BCUT2D eigenvalue weighted by atomic mass is 9.96. The molecule has 1 radical (unpaired) electrons. The third kappa shape index (κ3) is 1.54. The second-order valence-electron chi connectivity index (χ2n) is 2.29. The Hall–Kier alpha value is 0.150. The number of hydrogen-bond acceptors (Lipinski definition) is 0. The fourth-order valence-electron chi connectivity index (χ4n) is 0.912. The minimum absolute atomic E-state index is 0.0579. The van der Waals surface area contributed by atoms with Crippen molar-refractivity contribution in [3.8, 4) is 0 Å². The Balaban J connectivity index is 2.49. The van der Waals surface area contributed by atoms with E-state index in [0.717, 1.165) is 6.42 Å². The number of hydrogen-bond donors (Lipinski definition) is 0. The number of alkyl halides is 3. The Morgan fingerprint density at radius 3 is 2.56 bits per heavy atom. The summed E-state index contributed by atoms with van der Waals surface area (Å²) in [6.45, 7) is 0. The second-order valence-corrected chi connectivity index (χ2v) is 2.76. The van der Waals surface area contributed by atoms with E-state index in [1.807, 2.05) is 0 Å². The van der Waals surface area contributed by atoms with Gasteiger partial charge >= 0.3 is 0 Å². The highest BCUT2D eigenvalue weighted by molar-refractivity contribution is 6.22. The fraction of sp³-hybridized carbons (Fsp3) is 0.833. The van der Waals surface area contributed by atoms with Crippen molar-refractivity contribution in [3.05, 3.63) is 6.42 Å². The first-order valence-electron chi connectivity index (χ1n) is 2.98. The molecule has 1 atom stereocenters. The van der Waals surface area contributed by atoms with E-state index in [-0.39, 0.29) is 6.42 Å². The van der Waals surface area contributed by atoms with Crippen LogP contribution in [0, 0.1) is 6.42 Å². The molecular formula is C6H8ClF2. The van der Waals surface area contributed by atoms with Crippen LogP contribution in [-0.2, 0) is 0 Å². The Morgan fingerprint density at radius 2 is 2.22 bits per heavy atom. The van der Waals surface area contributed by atoms with Gasteiger partial charge in [-0.3, -0.25) is 0 Å². The van der Waals surface area contributed by atoms with Crippen LogP contribution in [-0.4, -0.2) is 11.3 Å². The molecule has 0 bridgehead atoms. The highest BCUT2D eigenvalue weighted by atomic mass is 35.5. The minimum atomic E-state index is -2.65. The van der Waals surface area contributed by atoms with Gasteiger partial charge in [-0.2, -0.15) is 0 Å². The van der Waals surface area contributed by atoms with Crippen LogP contribution < -0.4 is 0 Å². The van der Waals surface area contributed by atoms with Crippen LogP contribution in [0.25, 0.3) is 0 Å². The SMILES string of the molecule is FC1(F)CCC[CH]C1Cl. The van der Waals surface area contributed by atoms with E-state index in [4.69, 9.17) is 11.6 Å². The zero-order chi connectivity index (χ0) is 6.91. The molecule has 0 N–H and O–H groups in total. The predicted octanol–water partition coefficient (Wildman–Crippen LogP) is 2.62. The number of halogens is 3. The summed E-state index contributed by atoms with van der Waals surface area (Å²) in [6, 6.07) is 0. The minimum Gasteiger partial charge on any atom is -0.205 e. The molecule has 0 saturated heterocycles. The molecule has 0 aromatic rings. The summed E-state index contributed by atoms with van der Waals surface area (Å²) in [4.78, 5) is 0. The third-order valence-electron chi connectivity index (χ3n) is 1.49. The van der Waals surface area contributed by atoms with E-state index >= 15 is 0 Å². The van der Waals surface area contributed by atoms with Crippen molar-refractivity contribution in [2.45, 2.75) is 30.6 Å². The lowest BCUT2D eigenvalue weighted by molar-refractivity contribution is -0.0161. The molecule has 9 heavy (non-hydrogen) atoms. The molecule has 0 aliphatic heterocycles. The lowest BCUT2D eigenvalue weighted by Crippen LogP contribution is -2.32. The normalized spacial score (nSPS) is 34.3. The van der Waals surface area contributed by atoms with Gasteiger partial charge in [0.05, 0.1) is 0 Å². The predicted molar refractivity (Wildman–Crippen MR) is 32.7 cm³/mol. The van der Waals surface area contributed by atoms with Crippen molar-refractivity contribution in [3.63, 3.8) is 0 Å². The molecule has 1 aliphatic rings. The van der Waals surface area contributed by atoms with Crippen molar-refractivity contribution in [2.75, 3.05) is 0 Å². The van der Waals surface area contributed by atoms with E-state index in [0.29, 0.717) is 6.42 Å². The smallest absolute Gasteiger partial charge is 0.205 e. The topological polar surface area (TPSA) is 0 Å². The second kappa shape index (κ2) is 2.41. The zero-order valence-electron chi connectivity index (χ0n) is 4.91. The van der Waals surface area contributed by atoms with Crippen LogP contribution in [0.3, 0.4) is 0 Å². The lowest BCUT2D eigenvalue weighted by Gasteiger charge is -2.25. The Bertz CT molecular complexity index is 103. The summed E-state index contributed by atoms with van der Waals surface area (Å²) in [5, 5.41) is -1.04. The van der Waals surface area contributed by atoms with Gasteiger partial charge in [0.25, 0.3) is 5.92 Å². The summed E-state index contributed by atoms with van der Waals surface area (Å²) < 4.78 is 24.9. The van der Waals surface area contributed by atoms with Gasteiger partial charge in [0, 0.05) is 6.42 Å². The van der Waals surface area contributed by atoms with Crippen molar-refractivity contribution in [2.24, 2.45) is 0 Å². The van der Waals surface area contributed by atoms with Gasteiger partial charge in [0.1, 0.15) is 5.38 Å². The first-order chi connectivity index (χ1) is 4.13. The Morgan fingerprint density at radius 1 is 1.56 bits per heavy atom. The van der Waals surface area contributed by atoms with Gasteiger partial charge in [0.15, 0.2) is 0 Å². The van der Waals surface area contributed by atoms with E-state index < -0.39 is 11.3 Å². The van der Waals surface area contributed by atoms with Crippen molar-refractivity contribution >= 4 is 11.6 Å². The van der Waals surface area contributed by atoms with E-state index in [1.165, 1.54) is 6.42 Å². The van der Waals surface area contributed by atoms with Crippen LogP contribution >= 0.6 is 11.6 Å². The largest absolute Gasteiger partial charge is 0.264 e. The van der Waals surface area contributed by atoms with Gasteiger partial charge in [0.2, 0.25) is 0 Å². The van der Waals surface area contributed by atoms with E-state index in [1.54, 1.807) is 0 Å². The Kier molecular flexibility index (Phi) is 1.94. The van der Waals surface area contributed by atoms with Crippen LogP contribution in [0.4, 0.5) is 8.78 Å². The van der Waals surface area contributed by atoms with Crippen molar-refractivity contribution in [1.29, 1.82) is 0 Å². The molecule has 1 unspecified atom stereocenters. The van der Waals surface area contributed by atoms with E-state index in [9.17, 15) is 8.78 Å². The monoisotopic (exact) mass is 153 g/mol. The Labute approximate surface area is 58.2 Å². The van der Waals surface area contributed by atoms with Crippen LogP contribution in [0.15, 0.2) is 0 Å². The highest BCUT2D eigenvalue weighted by Crippen LogP contribution is 2.35. The van der Waals surface area contributed by atoms with Crippen LogP contribution in [0.1, 0.15) is 19.3 Å². The summed E-state index contributed by atoms with van der Waals surface area (Å²) in [7, 11) is 0. The van der Waals surface area contributed by atoms with Gasteiger partial charge in [-0.25, -0.2) is 8.78 Å². The van der Waals surface area contributed by atoms with Gasteiger partial charge in [-0.05, 0) is 19.3 Å². The molecule has 0 heterocycles. The van der Waals surface area contributed by atoms with Gasteiger partial charge in [-0.15, -0.1) is 11.6 Å². The summed E-state index contributed by atoms with van der Waals surface area (Å²) in [6.07, 6.45) is 2.71. The van der Waals surface area contributed by atoms with Crippen molar-refractivity contribution < 1.29 is 8.78 Å². The number of rotatable bonds is 0.